The van der Waals surface area contributed by atoms with Gasteiger partial charge < -0.3 is 19.0 Å². The van der Waals surface area contributed by atoms with Crippen LogP contribution < -0.4 is 15.1 Å². The second-order valence-corrected chi connectivity index (χ2v) is 8.12. The quantitative estimate of drug-likeness (QED) is 0.485. The minimum atomic E-state index is -0.714. The molecule has 0 radical (unpaired) electrons. The summed E-state index contributed by atoms with van der Waals surface area (Å²) in [4.78, 5) is 12.3. The fraction of sp³-hybridized carbons (Fsp3) is 0.435. The fourth-order valence-electron chi connectivity index (χ4n) is 2.65. The molecule has 0 fully saturated rings. The number of hydrogen-bond donors (Lipinski definition) is 1. The van der Waals surface area contributed by atoms with Crippen molar-refractivity contribution in [3.8, 4) is 17.2 Å². The lowest BCUT2D eigenvalue weighted by molar-refractivity contribution is 0.131. The van der Waals surface area contributed by atoms with Gasteiger partial charge in [0.25, 0.3) is 0 Å². The molecular weight excluding hydrogens is 356 g/mol. The smallest absolute Gasteiger partial charge is 0.383 e. The first-order valence-corrected chi connectivity index (χ1v) is 9.47. The first kappa shape index (κ1) is 21.6. The number of benzene rings is 1. The highest BCUT2D eigenvalue weighted by molar-refractivity contribution is 5.86. The molecule has 0 saturated carbocycles. The van der Waals surface area contributed by atoms with E-state index in [1.807, 2.05) is 33.8 Å². The standard InChI is InChI=1S/C23H30O5/c1-15(2)8-7-9-16(3)12-13-26-21-20(24)18-11-10-17(28-23(4,5)6)14-19(18)27-22(21)25/h8,10-12,14,24H,7,9,13H2,1-6H3. The summed E-state index contributed by atoms with van der Waals surface area (Å²) in [7, 11) is 0. The van der Waals surface area contributed by atoms with Crippen molar-refractivity contribution < 1.29 is 19.0 Å². The van der Waals surface area contributed by atoms with Gasteiger partial charge in [-0.2, -0.15) is 0 Å². The Hall–Kier alpha value is -2.69. The van der Waals surface area contributed by atoms with Gasteiger partial charge in [-0.05, 0) is 72.6 Å². The van der Waals surface area contributed by atoms with E-state index in [1.165, 1.54) is 5.57 Å². The molecule has 0 unspecified atom stereocenters. The Balaban J connectivity index is 2.16. The molecule has 0 amide bonds. The van der Waals surface area contributed by atoms with Crippen molar-refractivity contribution in [3.05, 3.63) is 51.9 Å². The van der Waals surface area contributed by atoms with E-state index in [9.17, 15) is 9.90 Å². The number of ether oxygens (including phenoxy) is 2. The molecule has 0 bridgehead atoms. The third kappa shape index (κ3) is 6.19. The van der Waals surface area contributed by atoms with Crippen molar-refractivity contribution in [3.63, 3.8) is 0 Å². The van der Waals surface area contributed by atoms with Crippen LogP contribution in [0.3, 0.4) is 0 Å². The largest absolute Gasteiger partial charge is 0.504 e. The SMILES string of the molecule is CC(C)=CCCC(C)=CCOc1c(O)c2ccc(OC(C)(C)C)cc2oc1=O. The first-order valence-electron chi connectivity index (χ1n) is 9.47. The number of allylic oxidation sites excluding steroid dienone is 3. The lowest BCUT2D eigenvalue weighted by Gasteiger charge is -2.21. The molecule has 1 aromatic carbocycles. The van der Waals surface area contributed by atoms with E-state index in [0.29, 0.717) is 11.1 Å². The van der Waals surface area contributed by atoms with Crippen LogP contribution in [0.5, 0.6) is 17.2 Å². The third-order valence-corrected chi connectivity index (χ3v) is 3.99. The van der Waals surface area contributed by atoms with Gasteiger partial charge in [0.15, 0.2) is 5.75 Å². The zero-order valence-electron chi connectivity index (χ0n) is 17.6. The Bertz CT molecular complexity index is 938. The molecule has 5 heteroatoms. The van der Waals surface area contributed by atoms with Crippen LogP contribution in [0.15, 0.2) is 50.7 Å². The maximum atomic E-state index is 12.3. The molecule has 2 aromatic rings. The zero-order chi connectivity index (χ0) is 20.9. The molecule has 0 aliphatic heterocycles. The predicted molar refractivity (Wildman–Crippen MR) is 112 cm³/mol. The Morgan fingerprint density at radius 1 is 1.18 bits per heavy atom. The van der Waals surface area contributed by atoms with Gasteiger partial charge in [-0.1, -0.05) is 17.2 Å². The summed E-state index contributed by atoms with van der Waals surface area (Å²) in [6.45, 7) is 12.1. The zero-order valence-corrected chi connectivity index (χ0v) is 17.6. The average molecular weight is 386 g/mol. The monoisotopic (exact) mass is 386 g/mol. The van der Waals surface area contributed by atoms with Gasteiger partial charge in [-0.15, -0.1) is 0 Å². The van der Waals surface area contributed by atoms with E-state index < -0.39 is 5.63 Å². The molecular formula is C23H30O5. The highest BCUT2D eigenvalue weighted by Gasteiger charge is 2.17. The van der Waals surface area contributed by atoms with Crippen LogP contribution in [0.4, 0.5) is 0 Å². The van der Waals surface area contributed by atoms with Crippen LogP contribution in [0, 0.1) is 0 Å². The van der Waals surface area contributed by atoms with Crippen LogP contribution in [0.1, 0.15) is 54.4 Å². The van der Waals surface area contributed by atoms with Gasteiger partial charge in [0.1, 0.15) is 23.5 Å². The Morgan fingerprint density at radius 3 is 2.54 bits per heavy atom. The maximum absolute atomic E-state index is 12.3. The molecule has 1 heterocycles. The molecule has 0 spiro atoms. The number of hydrogen-bond acceptors (Lipinski definition) is 5. The van der Waals surface area contributed by atoms with Crippen LogP contribution in [0.25, 0.3) is 11.0 Å². The summed E-state index contributed by atoms with van der Waals surface area (Å²) in [5, 5.41) is 10.9. The van der Waals surface area contributed by atoms with Crippen molar-refractivity contribution in [2.75, 3.05) is 6.61 Å². The topological polar surface area (TPSA) is 68.9 Å². The van der Waals surface area contributed by atoms with Gasteiger partial charge in [0.05, 0.1) is 5.39 Å². The Kier molecular flexibility index (Phi) is 6.95. The van der Waals surface area contributed by atoms with Crippen molar-refractivity contribution in [1.82, 2.24) is 0 Å². The van der Waals surface area contributed by atoms with Crippen LogP contribution in [-0.2, 0) is 0 Å². The second kappa shape index (κ2) is 9.00. The molecule has 5 nitrogen and oxygen atoms in total. The van der Waals surface area contributed by atoms with E-state index in [1.54, 1.807) is 18.2 Å². The highest BCUT2D eigenvalue weighted by atomic mass is 16.5. The van der Waals surface area contributed by atoms with Gasteiger partial charge in [0, 0.05) is 6.07 Å². The van der Waals surface area contributed by atoms with Crippen molar-refractivity contribution in [2.24, 2.45) is 0 Å². The molecule has 1 aromatic heterocycles. The molecule has 2 rings (SSSR count). The minimum Gasteiger partial charge on any atom is -0.504 e. The third-order valence-electron chi connectivity index (χ3n) is 3.99. The molecule has 0 aliphatic rings. The number of fused-ring (bicyclic) bond motifs is 1. The summed E-state index contributed by atoms with van der Waals surface area (Å²) in [5.74, 6) is 0.167. The molecule has 0 atom stereocenters. The molecule has 28 heavy (non-hydrogen) atoms. The Labute approximate surface area is 166 Å². The number of rotatable bonds is 7. The predicted octanol–water partition coefficient (Wildman–Crippen LogP) is 5.75. The van der Waals surface area contributed by atoms with Crippen LogP contribution in [0.2, 0.25) is 0 Å². The summed E-state index contributed by atoms with van der Waals surface area (Å²) in [6.07, 6.45) is 5.97. The molecule has 152 valence electrons. The molecule has 1 N–H and O–H groups in total. The van der Waals surface area contributed by atoms with Gasteiger partial charge in [0.2, 0.25) is 5.75 Å². The highest BCUT2D eigenvalue weighted by Crippen LogP contribution is 2.34. The van der Waals surface area contributed by atoms with Crippen LogP contribution >= 0.6 is 0 Å². The van der Waals surface area contributed by atoms with E-state index in [2.05, 4.69) is 19.9 Å². The Morgan fingerprint density at radius 2 is 1.89 bits per heavy atom. The van der Waals surface area contributed by atoms with E-state index in [0.717, 1.165) is 18.4 Å². The van der Waals surface area contributed by atoms with E-state index in [4.69, 9.17) is 13.9 Å². The summed E-state index contributed by atoms with van der Waals surface area (Å²) < 4.78 is 16.6. The van der Waals surface area contributed by atoms with Crippen molar-refractivity contribution >= 4 is 11.0 Å². The van der Waals surface area contributed by atoms with Crippen molar-refractivity contribution in [1.29, 1.82) is 0 Å². The van der Waals surface area contributed by atoms with E-state index >= 15 is 0 Å². The molecule has 0 saturated heterocycles. The van der Waals surface area contributed by atoms with Gasteiger partial charge in [-0.3, -0.25) is 0 Å². The van der Waals surface area contributed by atoms with Crippen molar-refractivity contribution in [2.45, 2.75) is 60.0 Å². The summed E-state index contributed by atoms with van der Waals surface area (Å²) in [6, 6.07) is 4.98. The van der Waals surface area contributed by atoms with E-state index in [-0.39, 0.29) is 29.3 Å². The fourth-order valence-corrected chi connectivity index (χ4v) is 2.65. The lowest BCUT2D eigenvalue weighted by Crippen LogP contribution is -2.22. The minimum absolute atomic E-state index is 0.176. The maximum Gasteiger partial charge on any atom is 0.383 e. The first-order chi connectivity index (χ1) is 13.1. The summed E-state index contributed by atoms with van der Waals surface area (Å²) in [5.41, 5.74) is 1.61. The average Bonchev–Trinajstić information content (AvgIpc) is 2.55. The van der Waals surface area contributed by atoms with Gasteiger partial charge >= 0.3 is 5.63 Å². The number of aromatic hydroxyl groups is 1. The summed E-state index contributed by atoms with van der Waals surface area (Å²) >= 11 is 0. The normalized spacial score (nSPS) is 12.1. The van der Waals surface area contributed by atoms with Crippen LogP contribution in [-0.4, -0.2) is 17.3 Å². The van der Waals surface area contributed by atoms with Gasteiger partial charge in [-0.25, -0.2) is 4.79 Å². The lowest BCUT2D eigenvalue weighted by atomic mass is 10.1. The molecule has 0 aliphatic carbocycles. The second-order valence-electron chi connectivity index (χ2n) is 8.12.